The highest BCUT2D eigenvalue weighted by Gasteiger charge is 2.49. The number of hydrogen-bond acceptors (Lipinski definition) is 2. The second kappa shape index (κ2) is 6.39. The molecule has 0 saturated heterocycles. The third-order valence-electron chi connectivity index (χ3n) is 5.76. The molecule has 0 aliphatic heterocycles. The highest BCUT2D eigenvalue weighted by Crippen LogP contribution is 2.51. The van der Waals surface area contributed by atoms with Crippen molar-refractivity contribution in [3.05, 3.63) is 34.3 Å². The molecule has 0 spiro atoms. The fraction of sp³-hybridized carbons (Fsp3) is 0.667. The Balaban J connectivity index is 2.25. The lowest BCUT2D eigenvalue weighted by molar-refractivity contribution is -0.100. The van der Waals surface area contributed by atoms with Crippen LogP contribution >= 0.6 is 15.9 Å². The summed E-state index contributed by atoms with van der Waals surface area (Å²) in [5, 5.41) is 11.3. The number of benzene rings is 1. The standard InChI is InChI=1S/C18H28BrNO/c1-13(2)14-8-10-18(12-20,11-9-14)17(3,21)15-4-6-16(19)7-5-15/h4-7,13-14,21H,8-12,20H2,1-3H3. The number of rotatable bonds is 4. The highest BCUT2D eigenvalue weighted by molar-refractivity contribution is 9.10. The molecule has 2 rings (SSSR count). The van der Waals surface area contributed by atoms with Crippen molar-refractivity contribution in [1.29, 1.82) is 0 Å². The maximum Gasteiger partial charge on any atom is 0.0936 e. The van der Waals surface area contributed by atoms with Gasteiger partial charge in [-0.25, -0.2) is 0 Å². The molecule has 1 saturated carbocycles. The topological polar surface area (TPSA) is 46.2 Å². The first-order valence-electron chi connectivity index (χ1n) is 8.01. The van der Waals surface area contributed by atoms with Gasteiger partial charge in [0, 0.05) is 16.4 Å². The van der Waals surface area contributed by atoms with Crippen LogP contribution in [0.15, 0.2) is 28.7 Å². The first kappa shape index (κ1) is 17.0. The third-order valence-corrected chi connectivity index (χ3v) is 6.29. The van der Waals surface area contributed by atoms with E-state index in [9.17, 15) is 5.11 Å². The zero-order valence-electron chi connectivity index (χ0n) is 13.4. The van der Waals surface area contributed by atoms with Gasteiger partial charge in [0.1, 0.15) is 0 Å². The van der Waals surface area contributed by atoms with Gasteiger partial charge in [-0.15, -0.1) is 0 Å². The van der Waals surface area contributed by atoms with Gasteiger partial charge in [-0.05, 0) is 62.1 Å². The van der Waals surface area contributed by atoms with Crippen LogP contribution < -0.4 is 5.73 Å². The lowest BCUT2D eigenvalue weighted by atomic mass is 9.59. The van der Waals surface area contributed by atoms with Crippen LogP contribution in [-0.2, 0) is 5.60 Å². The van der Waals surface area contributed by atoms with Gasteiger partial charge in [0.15, 0.2) is 0 Å². The summed E-state index contributed by atoms with van der Waals surface area (Å²) in [5.74, 6) is 1.49. The van der Waals surface area contributed by atoms with Gasteiger partial charge in [-0.1, -0.05) is 41.9 Å². The van der Waals surface area contributed by atoms with Gasteiger partial charge < -0.3 is 10.8 Å². The lowest BCUT2D eigenvalue weighted by Gasteiger charge is -2.49. The van der Waals surface area contributed by atoms with E-state index in [-0.39, 0.29) is 5.41 Å². The van der Waals surface area contributed by atoms with Crippen LogP contribution in [0.5, 0.6) is 0 Å². The number of halogens is 1. The average Bonchev–Trinajstić information content (AvgIpc) is 2.47. The maximum atomic E-state index is 11.3. The Morgan fingerprint density at radius 3 is 2.24 bits per heavy atom. The van der Waals surface area contributed by atoms with Gasteiger partial charge in [-0.3, -0.25) is 0 Å². The molecule has 21 heavy (non-hydrogen) atoms. The van der Waals surface area contributed by atoms with E-state index in [1.807, 2.05) is 31.2 Å². The molecule has 1 atom stereocenters. The molecule has 0 aromatic heterocycles. The summed E-state index contributed by atoms with van der Waals surface area (Å²) in [5.41, 5.74) is 6.04. The normalized spacial score (nSPS) is 29.4. The molecule has 1 aliphatic carbocycles. The molecule has 118 valence electrons. The first-order valence-corrected chi connectivity index (χ1v) is 8.80. The van der Waals surface area contributed by atoms with Crippen LogP contribution in [0, 0.1) is 17.3 Å². The Bertz CT molecular complexity index is 459. The predicted molar refractivity (Wildman–Crippen MR) is 92.0 cm³/mol. The van der Waals surface area contributed by atoms with E-state index in [2.05, 4.69) is 29.8 Å². The Labute approximate surface area is 137 Å². The molecule has 1 aliphatic rings. The summed E-state index contributed by atoms with van der Waals surface area (Å²) in [7, 11) is 0. The largest absolute Gasteiger partial charge is 0.385 e. The van der Waals surface area contributed by atoms with Crippen molar-refractivity contribution in [2.75, 3.05) is 6.54 Å². The van der Waals surface area contributed by atoms with Gasteiger partial charge in [0.2, 0.25) is 0 Å². The summed E-state index contributed by atoms with van der Waals surface area (Å²) >= 11 is 3.46. The van der Waals surface area contributed by atoms with Crippen molar-refractivity contribution in [1.82, 2.24) is 0 Å². The van der Waals surface area contributed by atoms with Crippen LogP contribution in [0.25, 0.3) is 0 Å². The lowest BCUT2D eigenvalue weighted by Crippen LogP contribution is -2.51. The van der Waals surface area contributed by atoms with E-state index in [1.165, 1.54) is 12.8 Å². The molecule has 0 heterocycles. The quantitative estimate of drug-likeness (QED) is 0.839. The second-order valence-electron chi connectivity index (χ2n) is 7.15. The smallest absolute Gasteiger partial charge is 0.0936 e. The van der Waals surface area contributed by atoms with Gasteiger partial charge >= 0.3 is 0 Å². The molecule has 0 bridgehead atoms. The Kier molecular flexibility index (Phi) is 5.17. The van der Waals surface area contributed by atoms with E-state index in [4.69, 9.17) is 5.73 Å². The fourth-order valence-corrected chi connectivity index (χ4v) is 4.09. The molecule has 1 unspecified atom stereocenters. The van der Waals surface area contributed by atoms with Crippen molar-refractivity contribution in [2.45, 2.75) is 52.1 Å². The van der Waals surface area contributed by atoms with E-state index in [0.29, 0.717) is 6.54 Å². The van der Waals surface area contributed by atoms with E-state index in [1.54, 1.807) is 0 Å². The van der Waals surface area contributed by atoms with Crippen LogP contribution in [0.4, 0.5) is 0 Å². The molecule has 3 heteroatoms. The van der Waals surface area contributed by atoms with Crippen LogP contribution in [-0.4, -0.2) is 11.7 Å². The highest BCUT2D eigenvalue weighted by atomic mass is 79.9. The monoisotopic (exact) mass is 353 g/mol. The summed E-state index contributed by atoms with van der Waals surface area (Å²) < 4.78 is 1.03. The van der Waals surface area contributed by atoms with E-state index < -0.39 is 5.60 Å². The summed E-state index contributed by atoms with van der Waals surface area (Å²) in [6.45, 7) is 7.08. The molecule has 2 nitrogen and oxygen atoms in total. The second-order valence-corrected chi connectivity index (χ2v) is 8.06. The number of aliphatic hydroxyl groups is 1. The van der Waals surface area contributed by atoms with Crippen LogP contribution in [0.2, 0.25) is 0 Å². The van der Waals surface area contributed by atoms with Crippen molar-refractivity contribution >= 4 is 15.9 Å². The Morgan fingerprint density at radius 1 is 1.29 bits per heavy atom. The van der Waals surface area contributed by atoms with Gasteiger partial charge in [0.25, 0.3) is 0 Å². The average molecular weight is 354 g/mol. The zero-order chi connectivity index (χ0) is 15.7. The Hall–Kier alpha value is -0.380. The maximum absolute atomic E-state index is 11.3. The molecule has 0 radical (unpaired) electrons. The van der Waals surface area contributed by atoms with Gasteiger partial charge in [-0.2, -0.15) is 0 Å². The first-order chi connectivity index (χ1) is 9.82. The predicted octanol–water partition coefficient (Wildman–Crippen LogP) is 4.45. The van der Waals surface area contributed by atoms with Crippen molar-refractivity contribution in [3.8, 4) is 0 Å². The van der Waals surface area contributed by atoms with E-state index >= 15 is 0 Å². The third kappa shape index (κ3) is 3.20. The minimum atomic E-state index is -0.871. The minimum Gasteiger partial charge on any atom is -0.385 e. The molecule has 3 N–H and O–H groups in total. The molecule has 1 fully saturated rings. The zero-order valence-corrected chi connectivity index (χ0v) is 15.0. The van der Waals surface area contributed by atoms with Gasteiger partial charge in [0.05, 0.1) is 5.60 Å². The van der Waals surface area contributed by atoms with Crippen LogP contribution in [0.3, 0.4) is 0 Å². The summed E-state index contributed by atoms with van der Waals surface area (Å²) in [6, 6.07) is 8.01. The molecular weight excluding hydrogens is 326 g/mol. The van der Waals surface area contributed by atoms with Crippen molar-refractivity contribution < 1.29 is 5.11 Å². The molecular formula is C18H28BrNO. The van der Waals surface area contributed by atoms with E-state index in [0.717, 1.165) is 34.7 Å². The summed E-state index contributed by atoms with van der Waals surface area (Å²) in [6.07, 6.45) is 4.36. The van der Waals surface area contributed by atoms with Crippen molar-refractivity contribution in [3.63, 3.8) is 0 Å². The number of hydrogen-bond donors (Lipinski definition) is 2. The minimum absolute atomic E-state index is 0.202. The number of nitrogens with two attached hydrogens (primary N) is 1. The van der Waals surface area contributed by atoms with Crippen LogP contribution in [0.1, 0.15) is 52.0 Å². The Morgan fingerprint density at radius 2 is 1.81 bits per heavy atom. The fourth-order valence-electron chi connectivity index (χ4n) is 3.83. The van der Waals surface area contributed by atoms with Crippen molar-refractivity contribution in [2.24, 2.45) is 23.0 Å². The molecule has 1 aromatic carbocycles. The summed E-state index contributed by atoms with van der Waals surface area (Å²) in [4.78, 5) is 0. The molecule has 0 amide bonds. The SMILES string of the molecule is CC(C)C1CCC(CN)(C(C)(O)c2ccc(Br)cc2)CC1. The molecule has 1 aromatic rings.